The highest BCUT2D eigenvalue weighted by molar-refractivity contribution is 5.91. The summed E-state index contributed by atoms with van der Waals surface area (Å²) in [7, 11) is 1.52. The highest BCUT2D eigenvalue weighted by atomic mass is 16.5. The average Bonchev–Trinajstić information content (AvgIpc) is 2.74. The lowest BCUT2D eigenvalue weighted by molar-refractivity contribution is -0.115. The quantitative estimate of drug-likeness (QED) is 0.825. The summed E-state index contributed by atoms with van der Waals surface area (Å²) in [6, 6.07) is 4.87. The first-order chi connectivity index (χ1) is 8.67. The highest BCUT2D eigenvalue weighted by Crippen LogP contribution is 2.10. The number of nitrogens with zero attached hydrogens (tertiary/aromatic N) is 2. The van der Waals surface area contributed by atoms with E-state index in [1.54, 1.807) is 18.3 Å². The van der Waals surface area contributed by atoms with Gasteiger partial charge in [0.15, 0.2) is 5.82 Å². The number of amides is 1. The predicted molar refractivity (Wildman–Crippen MR) is 61.7 cm³/mol. The first-order valence-electron chi connectivity index (χ1n) is 5.48. The summed E-state index contributed by atoms with van der Waals surface area (Å²) in [4.78, 5) is 15.7. The second-order valence-corrected chi connectivity index (χ2v) is 3.33. The third kappa shape index (κ3) is 3.04. The molecule has 0 aromatic carbocycles. The van der Waals surface area contributed by atoms with Gasteiger partial charge in [-0.05, 0) is 11.6 Å². The van der Waals surface area contributed by atoms with Crippen LogP contribution in [0.5, 0.6) is 5.88 Å². The summed E-state index contributed by atoms with van der Waals surface area (Å²) in [6.45, 7) is 0. The number of nitrogens with one attached hydrogen (secondary N) is 2. The second-order valence-electron chi connectivity index (χ2n) is 3.33. The Morgan fingerprint density at radius 1 is 1.65 bits per heavy atom. The molecule has 1 amide bonds. The Morgan fingerprint density at radius 3 is 3.24 bits per heavy atom. The van der Waals surface area contributed by atoms with Gasteiger partial charge in [0.1, 0.15) is 0 Å². The van der Waals surface area contributed by atoms with Crippen LogP contribution in [-0.2, 0) is 11.2 Å². The van der Waals surface area contributed by atoms with Crippen molar-refractivity contribution in [2.24, 2.45) is 0 Å². The smallest absolute Gasteiger partial charge is 0.229 e. The molecule has 2 rings (SSSR count). The number of aromatic amines is 1. The van der Waals surface area contributed by atoms with Gasteiger partial charge in [-0.15, -0.1) is 0 Å². The predicted octanol–water partition coefficient (Wildman–Crippen LogP) is 0.994. The van der Waals surface area contributed by atoms with E-state index in [1.165, 1.54) is 13.2 Å². The molecule has 0 radical (unpaired) electrons. The van der Waals surface area contributed by atoms with E-state index < -0.39 is 0 Å². The van der Waals surface area contributed by atoms with Crippen LogP contribution in [-0.4, -0.2) is 28.2 Å². The van der Waals surface area contributed by atoms with E-state index in [1.807, 2.05) is 0 Å². The number of carbonyl (C=O) groups is 1. The number of methoxy groups -OCH3 is 1. The van der Waals surface area contributed by atoms with E-state index in [9.17, 15) is 4.79 Å². The zero-order chi connectivity index (χ0) is 13.0. The first kappa shape index (κ1) is 9.83. The van der Waals surface area contributed by atoms with E-state index in [4.69, 9.17) is 6.11 Å². The molecule has 0 aliphatic carbocycles. The van der Waals surface area contributed by atoms with Crippen molar-refractivity contribution in [1.29, 1.82) is 0 Å². The molecule has 88 valence electrons. The molecule has 0 aliphatic heterocycles. The van der Waals surface area contributed by atoms with Crippen LogP contribution in [0.1, 0.15) is 6.93 Å². The Balaban J connectivity index is 1.98. The molecule has 2 aromatic heterocycles. The van der Waals surface area contributed by atoms with E-state index in [0.29, 0.717) is 11.7 Å². The first-order valence-corrected chi connectivity index (χ1v) is 4.98. The standard InChI is InChI=1S/C11H12N4O2/c1-17-11-7-8(2-4-12-11)6-10(16)14-9-3-5-13-15-9/h2-5,7H,6H2,1H3,(H2,13,14,15,16)/i5D. The lowest BCUT2D eigenvalue weighted by atomic mass is 10.2. The van der Waals surface area contributed by atoms with Crippen molar-refractivity contribution in [2.45, 2.75) is 6.42 Å². The molecule has 0 saturated heterocycles. The zero-order valence-electron chi connectivity index (χ0n) is 10.2. The van der Waals surface area contributed by atoms with Crippen molar-refractivity contribution in [3.8, 4) is 5.88 Å². The van der Waals surface area contributed by atoms with Crippen LogP contribution in [0.15, 0.2) is 30.6 Å². The number of hydrogen-bond acceptors (Lipinski definition) is 4. The van der Waals surface area contributed by atoms with E-state index >= 15 is 0 Å². The van der Waals surface area contributed by atoms with Crippen LogP contribution in [0.25, 0.3) is 0 Å². The van der Waals surface area contributed by atoms with Gasteiger partial charge in [0.2, 0.25) is 11.8 Å². The summed E-state index contributed by atoms with van der Waals surface area (Å²) < 4.78 is 12.2. The fraction of sp³-hybridized carbons (Fsp3) is 0.182. The van der Waals surface area contributed by atoms with Crippen molar-refractivity contribution < 1.29 is 10.9 Å². The maximum Gasteiger partial charge on any atom is 0.229 e. The van der Waals surface area contributed by atoms with Crippen LogP contribution in [0, 0.1) is 0 Å². The summed E-state index contributed by atoms with van der Waals surface area (Å²) in [5.74, 6) is 0.592. The summed E-state index contributed by atoms with van der Waals surface area (Å²) in [6.07, 6.45) is 1.92. The molecular formula is C11H12N4O2. The van der Waals surface area contributed by atoms with Crippen molar-refractivity contribution in [1.82, 2.24) is 15.2 Å². The molecule has 6 heteroatoms. The van der Waals surface area contributed by atoms with E-state index in [-0.39, 0.29) is 18.5 Å². The van der Waals surface area contributed by atoms with Crippen LogP contribution < -0.4 is 10.1 Å². The average molecular weight is 233 g/mol. The third-order valence-electron chi connectivity index (χ3n) is 2.09. The summed E-state index contributed by atoms with van der Waals surface area (Å²) in [5, 5.41) is 8.76. The van der Waals surface area contributed by atoms with Crippen LogP contribution in [0.2, 0.25) is 0 Å². The van der Waals surface area contributed by atoms with Crippen molar-refractivity contribution in [3.05, 3.63) is 36.1 Å². The number of aromatic nitrogens is 3. The normalized spacial score (nSPS) is 10.8. The molecule has 0 bridgehead atoms. The largest absolute Gasteiger partial charge is 0.481 e. The molecule has 2 heterocycles. The minimum Gasteiger partial charge on any atom is -0.481 e. The van der Waals surface area contributed by atoms with Gasteiger partial charge < -0.3 is 10.1 Å². The van der Waals surface area contributed by atoms with Gasteiger partial charge in [-0.2, -0.15) is 5.10 Å². The molecular weight excluding hydrogens is 220 g/mol. The van der Waals surface area contributed by atoms with Gasteiger partial charge in [-0.3, -0.25) is 9.89 Å². The van der Waals surface area contributed by atoms with Crippen molar-refractivity contribution >= 4 is 11.7 Å². The summed E-state index contributed by atoms with van der Waals surface area (Å²) in [5.41, 5.74) is 0.793. The molecule has 2 aromatic rings. The number of carbonyl (C=O) groups excluding carboxylic acids is 1. The fourth-order valence-electron chi connectivity index (χ4n) is 1.33. The number of rotatable bonds is 4. The maximum absolute atomic E-state index is 11.7. The molecule has 0 fully saturated rings. The maximum atomic E-state index is 11.7. The lowest BCUT2D eigenvalue weighted by Gasteiger charge is -2.03. The van der Waals surface area contributed by atoms with E-state index in [2.05, 4.69) is 20.5 Å². The van der Waals surface area contributed by atoms with Gasteiger partial charge in [0.25, 0.3) is 0 Å². The van der Waals surface area contributed by atoms with Crippen molar-refractivity contribution in [3.63, 3.8) is 0 Å². The van der Waals surface area contributed by atoms with Gasteiger partial charge in [-0.25, -0.2) is 4.98 Å². The summed E-state index contributed by atoms with van der Waals surface area (Å²) >= 11 is 0. The Kier molecular flexibility index (Phi) is 2.95. The van der Waals surface area contributed by atoms with Crippen LogP contribution in [0.3, 0.4) is 0 Å². The zero-order valence-corrected chi connectivity index (χ0v) is 9.23. The Bertz CT molecular complexity index is 555. The monoisotopic (exact) mass is 233 g/mol. The van der Waals surface area contributed by atoms with E-state index in [0.717, 1.165) is 5.56 Å². The third-order valence-corrected chi connectivity index (χ3v) is 2.09. The van der Waals surface area contributed by atoms with Crippen LogP contribution in [0.4, 0.5) is 5.82 Å². The molecule has 0 saturated carbocycles. The SMILES string of the molecule is [2H]c1cc(NC(=O)Cc2ccnc(OC)c2)n[nH]1. The number of H-pyrrole nitrogens is 1. The van der Waals surface area contributed by atoms with Gasteiger partial charge in [-0.1, -0.05) is 0 Å². The molecule has 0 atom stereocenters. The lowest BCUT2D eigenvalue weighted by Crippen LogP contribution is -2.14. The minimum absolute atomic E-state index is 0.149. The molecule has 2 N–H and O–H groups in total. The van der Waals surface area contributed by atoms with Crippen molar-refractivity contribution in [2.75, 3.05) is 12.4 Å². The Labute approximate surface area is 99.4 Å². The molecule has 0 aliphatic rings. The number of pyridine rings is 1. The second kappa shape index (κ2) is 5.11. The number of ether oxygens (including phenoxy) is 1. The minimum atomic E-state index is -0.213. The fourth-order valence-corrected chi connectivity index (χ4v) is 1.33. The highest BCUT2D eigenvalue weighted by Gasteiger charge is 2.06. The Morgan fingerprint density at radius 2 is 2.53 bits per heavy atom. The molecule has 0 unspecified atom stereocenters. The van der Waals surface area contributed by atoms with Crippen LogP contribution >= 0.6 is 0 Å². The number of hydrogen-bond donors (Lipinski definition) is 2. The molecule has 6 nitrogen and oxygen atoms in total. The van der Waals surface area contributed by atoms with Gasteiger partial charge in [0, 0.05) is 24.5 Å². The Hall–Kier alpha value is -2.37. The van der Waals surface area contributed by atoms with Gasteiger partial charge >= 0.3 is 0 Å². The molecule has 0 spiro atoms. The molecule has 17 heavy (non-hydrogen) atoms. The number of anilines is 1. The topological polar surface area (TPSA) is 79.9 Å². The van der Waals surface area contributed by atoms with Gasteiger partial charge in [0.05, 0.1) is 14.9 Å².